The third-order valence-corrected chi connectivity index (χ3v) is 4.36. The third kappa shape index (κ3) is 7.02. The predicted molar refractivity (Wildman–Crippen MR) is 112 cm³/mol. The molecule has 0 saturated heterocycles. The van der Waals surface area contributed by atoms with Gasteiger partial charge < -0.3 is 23.7 Å². The lowest BCUT2D eigenvalue weighted by Crippen LogP contribution is -2.14. The van der Waals surface area contributed by atoms with Gasteiger partial charge in [-0.05, 0) is 41.8 Å². The maximum atomic E-state index is 11.4. The first kappa shape index (κ1) is 23.7. The van der Waals surface area contributed by atoms with E-state index in [4.69, 9.17) is 23.7 Å². The molecule has 8 heteroatoms. The fraction of sp³-hybridized carbons (Fsp3) is 0.348. The Kier molecular flexibility index (Phi) is 8.43. The minimum atomic E-state index is -0.456. The average Bonchev–Trinajstić information content (AvgIpc) is 2.71. The molecule has 2 rings (SSSR count). The molecule has 0 N–H and O–H groups in total. The van der Waals surface area contributed by atoms with Gasteiger partial charge in [0.1, 0.15) is 0 Å². The fourth-order valence-corrected chi connectivity index (χ4v) is 3.03. The van der Waals surface area contributed by atoms with E-state index in [-0.39, 0.29) is 12.5 Å². The van der Waals surface area contributed by atoms with Crippen LogP contribution in [0.5, 0.6) is 23.0 Å². The van der Waals surface area contributed by atoms with Gasteiger partial charge in [0.15, 0.2) is 23.0 Å². The van der Waals surface area contributed by atoms with Gasteiger partial charge in [-0.2, -0.15) is 0 Å². The second-order valence-corrected chi connectivity index (χ2v) is 6.79. The molecular weight excluding hydrogens is 404 g/mol. The maximum Gasteiger partial charge on any atom is 0.308 e. The van der Waals surface area contributed by atoms with Gasteiger partial charge in [0.2, 0.25) is 0 Å². The van der Waals surface area contributed by atoms with Crippen molar-refractivity contribution in [1.82, 2.24) is 0 Å². The molecule has 0 heterocycles. The van der Waals surface area contributed by atoms with E-state index in [1.165, 1.54) is 35.0 Å². The molecule has 2 aromatic rings. The molecule has 0 saturated carbocycles. The molecule has 0 aromatic heterocycles. The number of ether oxygens (including phenoxy) is 5. The van der Waals surface area contributed by atoms with Gasteiger partial charge in [0.05, 0.1) is 20.8 Å². The van der Waals surface area contributed by atoms with Crippen LogP contribution in [0.15, 0.2) is 36.4 Å². The highest BCUT2D eigenvalue weighted by Gasteiger charge is 2.19. The summed E-state index contributed by atoms with van der Waals surface area (Å²) >= 11 is 0. The van der Waals surface area contributed by atoms with E-state index in [0.29, 0.717) is 29.4 Å². The van der Waals surface area contributed by atoms with Crippen molar-refractivity contribution >= 4 is 17.9 Å². The number of carbonyl (C=O) groups is 3. The van der Waals surface area contributed by atoms with Gasteiger partial charge in [-0.1, -0.05) is 12.1 Å². The number of hydrogen-bond acceptors (Lipinski definition) is 8. The first-order valence-electron chi connectivity index (χ1n) is 9.58. The van der Waals surface area contributed by atoms with Crippen molar-refractivity contribution in [2.24, 2.45) is 0 Å². The predicted octanol–water partition coefficient (Wildman–Crippen LogP) is 3.44. The summed E-state index contributed by atoms with van der Waals surface area (Å²) in [5, 5.41) is 0. The molecule has 1 atom stereocenters. The van der Waals surface area contributed by atoms with Crippen molar-refractivity contribution in [3.05, 3.63) is 47.5 Å². The van der Waals surface area contributed by atoms with Gasteiger partial charge in [0, 0.05) is 26.7 Å². The van der Waals surface area contributed by atoms with Gasteiger partial charge in [-0.15, -0.1) is 0 Å². The van der Waals surface area contributed by atoms with E-state index in [1.807, 2.05) is 6.07 Å². The van der Waals surface area contributed by atoms with E-state index in [9.17, 15) is 14.4 Å². The van der Waals surface area contributed by atoms with Crippen LogP contribution in [0.2, 0.25) is 0 Å². The number of benzene rings is 2. The molecule has 31 heavy (non-hydrogen) atoms. The zero-order valence-electron chi connectivity index (χ0n) is 18.2. The molecule has 0 radical (unpaired) electrons. The Labute approximate surface area is 181 Å². The molecule has 0 amide bonds. The minimum Gasteiger partial charge on any atom is -0.493 e. The second kappa shape index (κ2) is 11.0. The van der Waals surface area contributed by atoms with Gasteiger partial charge >= 0.3 is 17.9 Å². The van der Waals surface area contributed by atoms with Crippen LogP contribution in [-0.4, -0.2) is 38.7 Å². The van der Waals surface area contributed by atoms with Crippen LogP contribution in [0.25, 0.3) is 0 Å². The average molecular weight is 430 g/mol. The van der Waals surface area contributed by atoms with E-state index in [0.717, 1.165) is 11.1 Å². The Morgan fingerprint density at radius 3 is 1.81 bits per heavy atom. The first-order chi connectivity index (χ1) is 14.7. The largest absolute Gasteiger partial charge is 0.493 e. The molecule has 166 valence electrons. The lowest BCUT2D eigenvalue weighted by atomic mass is 9.92. The summed E-state index contributed by atoms with van der Waals surface area (Å²) in [6.45, 7) is 4.11. The summed E-state index contributed by atoms with van der Waals surface area (Å²) in [5.74, 6) is -0.0731. The molecule has 0 fully saturated rings. The molecule has 0 bridgehead atoms. The molecule has 8 nitrogen and oxygen atoms in total. The first-order valence-corrected chi connectivity index (χ1v) is 9.58. The smallest absolute Gasteiger partial charge is 0.308 e. The Balaban J connectivity index is 2.35. The monoisotopic (exact) mass is 430 g/mol. The van der Waals surface area contributed by atoms with E-state index in [1.54, 1.807) is 30.3 Å². The summed E-state index contributed by atoms with van der Waals surface area (Å²) in [7, 11) is 2.97. The maximum absolute atomic E-state index is 11.4. The van der Waals surface area contributed by atoms with Crippen molar-refractivity contribution in [2.45, 2.75) is 33.1 Å². The topological polar surface area (TPSA) is 97.4 Å². The molecule has 1 unspecified atom stereocenters. The number of rotatable bonds is 9. The van der Waals surface area contributed by atoms with Crippen molar-refractivity contribution < 1.29 is 38.1 Å². The lowest BCUT2D eigenvalue weighted by molar-refractivity contribution is -0.141. The van der Waals surface area contributed by atoms with Crippen LogP contribution in [0, 0.1) is 0 Å². The Bertz CT molecular complexity index is 951. The SMILES string of the molecule is COc1cc(CC(COC(C)=O)c2ccc(OC(C)=O)c(OC)c2)ccc1OC(C)=O. The van der Waals surface area contributed by atoms with Gasteiger partial charge in [-0.3, -0.25) is 14.4 Å². The quantitative estimate of drug-likeness (QED) is 0.441. The highest BCUT2D eigenvalue weighted by Crippen LogP contribution is 2.34. The fourth-order valence-electron chi connectivity index (χ4n) is 3.03. The molecule has 0 aliphatic carbocycles. The van der Waals surface area contributed by atoms with E-state index in [2.05, 4.69) is 0 Å². The minimum absolute atomic E-state index is 0.138. The van der Waals surface area contributed by atoms with Gasteiger partial charge in [-0.25, -0.2) is 0 Å². The van der Waals surface area contributed by atoms with Crippen LogP contribution >= 0.6 is 0 Å². The molecule has 0 aliphatic rings. The van der Waals surface area contributed by atoms with Crippen molar-refractivity contribution in [2.75, 3.05) is 20.8 Å². The number of hydrogen-bond donors (Lipinski definition) is 0. The van der Waals surface area contributed by atoms with Crippen LogP contribution in [0.1, 0.15) is 37.8 Å². The zero-order valence-corrected chi connectivity index (χ0v) is 18.2. The summed E-state index contributed by atoms with van der Waals surface area (Å²) in [4.78, 5) is 34.0. The third-order valence-electron chi connectivity index (χ3n) is 4.36. The molecule has 0 spiro atoms. The van der Waals surface area contributed by atoms with Crippen molar-refractivity contribution in [1.29, 1.82) is 0 Å². The standard InChI is InChI=1S/C23H26O8/c1-14(24)29-13-19(18-7-9-21(31-16(3)26)23(12-18)28-5)10-17-6-8-20(30-15(2)25)22(11-17)27-4/h6-9,11-12,19H,10,13H2,1-5H3. The number of esters is 3. The highest BCUT2D eigenvalue weighted by molar-refractivity contribution is 5.71. The van der Waals surface area contributed by atoms with Crippen LogP contribution in [0.3, 0.4) is 0 Å². The second-order valence-electron chi connectivity index (χ2n) is 6.79. The zero-order chi connectivity index (χ0) is 23.0. The van der Waals surface area contributed by atoms with Crippen LogP contribution < -0.4 is 18.9 Å². The summed E-state index contributed by atoms with van der Waals surface area (Å²) in [6, 6.07) is 10.4. The van der Waals surface area contributed by atoms with Crippen LogP contribution in [0.4, 0.5) is 0 Å². The van der Waals surface area contributed by atoms with Crippen molar-refractivity contribution in [3.8, 4) is 23.0 Å². The lowest BCUT2D eigenvalue weighted by Gasteiger charge is -2.20. The molecule has 0 aliphatic heterocycles. The van der Waals surface area contributed by atoms with E-state index >= 15 is 0 Å². The Morgan fingerprint density at radius 2 is 1.29 bits per heavy atom. The van der Waals surface area contributed by atoms with E-state index < -0.39 is 17.9 Å². The summed E-state index contributed by atoms with van der Waals surface area (Å²) in [6.07, 6.45) is 0.500. The Morgan fingerprint density at radius 1 is 0.742 bits per heavy atom. The number of carbonyl (C=O) groups excluding carboxylic acids is 3. The molecular formula is C23H26O8. The Hall–Kier alpha value is -3.55. The summed E-state index contributed by atoms with van der Waals surface area (Å²) < 4.78 is 26.2. The molecule has 2 aromatic carbocycles. The van der Waals surface area contributed by atoms with Crippen molar-refractivity contribution in [3.63, 3.8) is 0 Å². The summed E-state index contributed by atoms with van der Waals surface area (Å²) in [5.41, 5.74) is 1.71. The normalized spacial score (nSPS) is 11.3. The highest BCUT2D eigenvalue weighted by atomic mass is 16.6. The number of methoxy groups -OCH3 is 2. The van der Waals surface area contributed by atoms with Gasteiger partial charge in [0.25, 0.3) is 0 Å². The van der Waals surface area contributed by atoms with Crippen LogP contribution in [-0.2, 0) is 25.5 Å².